The third-order valence-corrected chi connectivity index (χ3v) is 6.34. The van der Waals surface area contributed by atoms with Crippen LogP contribution in [0.15, 0.2) is 35.5 Å². The number of fused-ring (bicyclic) bond motifs is 1. The number of hydrogen-bond donors (Lipinski definition) is 0. The van der Waals surface area contributed by atoms with Gasteiger partial charge in [-0.05, 0) is 69.6 Å². The van der Waals surface area contributed by atoms with Gasteiger partial charge in [0.05, 0.1) is 11.1 Å². The van der Waals surface area contributed by atoms with Gasteiger partial charge in [0.2, 0.25) is 0 Å². The second kappa shape index (κ2) is 6.27. The summed E-state index contributed by atoms with van der Waals surface area (Å²) in [4.78, 5) is 7.08. The Morgan fingerprint density at radius 3 is 2.63 bits per heavy atom. The molecule has 138 valence electrons. The maximum atomic E-state index is 10.1. The smallest absolute Gasteiger partial charge is 0.154 e. The molecular weight excluding hydrogens is 332 g/mol. The highest BCUT2D eigenvalue weighted by molar-refractivity contribution is 6.07. The second-order valence-electron chi connectivity index (χ2n) is 8.42. The summed E-state index contributed by atoms with van der Waals surface area (Å²) in [5.74, 6) is 1.68. The minimum absolute atomic E-state index is 0.343. The summed E-state index contributed by atoms with van der Waals surface area (Å²) in [5, 5.41) is 11.2. The topological polar surface area (TPSA) is 44.3 Å². The molecule has 2 saturated carbocycles. The van der Waals surface area contributed by atoms with Crippen LogP contribution in [-0.4, -0.2) is 27.9 Å². The highest BCUT2D eigenvalue weighted by Gasteiger charge is 2.33. The van der Waals surface area contributed by atoms with Crippen molar-refractivity contribution in [3.8, 4) is 6.07 Å². The first kappa shape index (κ1) is 16.6. The highest BCUT2D eigenvalue weighted by Crippen LogP contribution is 2.44. The standard InChI is InChI=1S/C23H26N4/c1-15(2)26-12-4-11-25-23(26)22-20(14-24)19-10-9-17(16-7-8-16)13-21(19)27(22)18-5-3-6-18/h4,9-11,13,15-16,18H,3,5-8,12H2,1-2H3. The molecular formula is C23H26N4. The van der Waals surface area contributed by atoms with E-state index in [0.29, 0.717) is 12.1 Å². The van der Waals surface area contributed by atoms with Gasteiger partial charge in [-0.2, -0.15) is 5.26 Å². The van der Waals surface area contributed by atoms with Crippen molar-refractivity contribution in [2.45, 2.75) is 64.0 Å². The number of aromatic nitrogens is 1. The number of rotatable bonds is 4. The number of hydrogen-bond acceptors (Lipinski definition) is 3. The summed E-state index contributed by atoms with van der Waals surface area (Å²) in [6.45, 7) is 5.24. The van der Waals surface area contributed by atoms with Crippen molar-refractivity contribution in [1.29, 1.82) is 5.26 Å². The Balaban J connectivity index is 1.78. The van der Waals surface area contributed by atoms with Gasteiger partial charge in [-0.15, -0.1) is 0 Å². The lowest BCUT2D eigenvalue weighted by Gasteiger charge is -2.35. The molecule has 0 N–H and O–H groups in total. The molecule has 0 unspecified atom stereocenters. The first-order valence-electron chi connectivity index (χ1n) is 10.3. The summed E-state index contributed by atoms with van der Waals surface area (Å²) in [5.41, 5.74) is 4.49. The average molecular weight is 358 g/mol. The van der Waals surface area contributed by atoms with Crippen LogP contribution in [0.2, 0.25) is 0 Å². The molecule has 5 rings (SSSR count). The molecule has 2 aromatic rings. The predicted octanol–water partition coefficient (Wildman–Crippen LogP) is 5.10. The SMILES string of the molecule is CC(C)N1CC=CN=C1c1c(C#N)c2ccc(C3CC3)cc2n1C1CCC1. The van der Waals surface area contributed by atoms with Crippen LogP contribution in [0.5, 0.6) is 0 Å². The zero-order valence-corrected chi connectivity index (χ0v) is 16.2. The van der Waals surface area contributed by atoms with E-state index in [1.807, 2.05) is 6.20 Å². The molecule has 0 saturated heterocycles. The first-order chi connectivity index (χ1) is 13.2. The summed E-state index contributed by atoms with van der Waals surface area (Å²) < 4.78 is 2.46. The summed E-state index contributed by atoms with van der Waals surface area (Å²) in [6, 6.07) is 10.1. The summed E-state index contributed by atoms with van der Waals surface area (Å²) >= 11 is 0. The van der Waals surface area contributed by atoms with Crippen molar-refractivity contribution in [2.24, 2.45) is 4.99 Å². The molecule has 1 aromatic carbocycles. The molecule has 0 spiro atoms. The van der Waals surface area contributed by atoms with Crippen molar-refractivity contribution in [3.05, 3.63) is 47.3 Å². The van der Waals surface area contributed by atoms with E-state index in [-0.39, 0.29) is 0 Å². The molecule has 0 atom stereocenters. The maximum absolute atomic E-state index is 10.1. The zero-order valence-electron chi connectivity index (χ0n) is 16.2. The molecule has 1 aromatic heterocycles. The number of amidine groups is 1. The average Bonchev–Trinajstić information content (AvgIpc) is 3.44. The fourth-order valence-corrected chi connectivity index (χ4v) is 4.45. The van der Waals surface area contributed by atoms with Crippen molar-refractivity contribution in [3.63, 3.8) is 0 Å². The lowest BCUT2D eigenvalue weighted by Crippen LogP contribution is -2.41. The van der Waals surface area contributed by atoms with Crippen LogP contribution in [0, 0.1) is 11.3 Å². The van der Waals surface area contributed by atoms with Gasteiger partial charge in [-0.25, -0.2) is 4.99 Å². The Morgan fingerprint density at radius 1 is 1.19 bits per heavy atom. The zero-order chi connectivity index (χ0) is 18.5. The van der Waals surface area contributed by atoms with Crippen LogP contribution in [0.25, 0.3) is 10.9 Å². The van der Waals surface area contributed by atoms with E-state index >= 15 is 0 Å². The minimum Gasteiger partial charge on any atom is -0.349 e. The fourth-order valence-electron chi connectivity index (χ4n) is 4.45. The van der Waals surface area contributed by atoms with E-state index in [2.05, 4.69) is 53.7 Å². The van der Waals surface area contributed by atoms with Gasteiger partial charge in [0, 0.05) is 30.2 Å². The monoisotopic (exact) mass is 358 g/mol. The Bertz CT molecular complexity index is 994. The molecule has 0 bridgehead atoms. The first-order valence-corrected chi connectivity index (χ1v) is 10.3. The van der Waals surface area contributed by atoms with Gasteiger partial charge in [0.25, 0.3) is 0 Å². The van der Waals surface area contributed by atoms with E-state index < -0.39 is 0 Å². The quantitative estimate of drug-likeness (QED) is 0.763. The predicted molar refractivity (Wildman–Crippen MR) is 109 cm³/mol. The van der Waals surface area contributed by atoms with Gasteiger partial charge < -0.3 is 9.47 Å². The Morgan fingerprint density at radius 2 is 2.00 bits per heavy atom. The van der Waals surface area contributed by atoms with Gasteiger partial charge in [0.15, 0.2) is 5.84 Å². The van der Waals surface area contributed by atoms with E-state index in [4.69, 9.17) is 4.99 Å². The van der Waals surface area contributed by atoms with Crippen molar-refractivity contribution in [1.82, 2.24) is 9.47 Å². The van der Waals surface area contributed by atoms with Gasteiger partial charge in [0.1, 0.15) is 11.8 Å². The van der Waals surface area contributed by atoms with Crippen LogP contribution in [-0.2, 0) is 0 Å². The highest BCUT2D eigenvalue weighted by atomic mass is 15.2. The third-order valence-electron chi connectivity index (χ3n) is 6.34. The van der Waals surface area contributed by atoms with E-state index in [1.165, 1.54) is 43.2 Å². The molecule has 2 fully saturated rings. The molecule has 3 aliphatic rings. The molecule has 2 aliphatic carbocycles. The molecule has 0 amide bonds. The van der Waals surface area contributed by atoms with Gasteiger partial charge >= 0.3 is 0 Å². The van der Waals surface area contributed by atoms with Crippen LogP contribution >= 0.6 is 0 Å². The normalized spacial score (nSPS) is 20.1. The number of nitrogens with zero attached hydrogens (tertiary/aromatic N) is 4. The van der Waals surface area contributed by atoms with E-state index in [1.54, 1.807) is 0 Å². The Labute approximate surface area is 160 Å². The molecule has 1 aliphatic heterocycles. The molecule has 0 radical (unpaired) electrons. The van der Waals surface area contributed by atoms with Crippen LogP contribution in [0.3, 0.4) is 0 Å². The largest absolute Gasteiger partial charge is 0.349 e. The van der Waals surface area contributed by atoms with Crippen LogP contribution in [0.1, 0.15) is 74.7 Å². The lowest BCUT2D eigenvalue weighted by atomic mass is 9.92. The van der Waals surface area contributed by atoms with E-state index in [0.717, 1.165) is 34.9 Å². The number of benzene rings is 1. The molecule has 2 heterocycles. The van der Waals surface area contributed by atoms with E-state index in [9.17, 15) is 5.26 Å². The van der Waals surface area contributed by atoms with Crippen molar-refractivity contribution in [2.75, 3.05) is 6.54 Å². The third kappa shape index (κ3) is 2.60. The van der Waals surface area contributed by atoms with Crippen LogP contribution in [0.4, 0.5) is 0 Å². The van der Waals surface area contributed by atoms with Crippen LogP contribution < -0.4 is 0 Å². The maximum Gasteiger partial charge on any atom is 0.154 e. The number of nitriles is 1. The summed E-state index contributed by atoms with van der Waals surface area (Å²) in [7, 11) is 0. The molecule has 27 heavy (non-hydrogen) atoms. The fraction of sp³-hybridized carbons (Fsp3) is 0.478. The molecule has 4 nitrogen and oxygen atoms in total. The van der Waals surface area contributed by atoms with Crippen molar-refractivity contribution >= 4 is 16.7 Å². The Hall–Kier alpha value is -2.54. The second-order valence-corrected chi connectivity index (χ2v) is 8.42. The van der Waals surface area contributed by atoms with Gasteiger partial charge in [-0.3, -0.25) is 0 Å². The summed E-state index contributed by atoms with van der Waals surface area (Å²) in [6.07, 6.45) is 10.2. The van der Waals surface area contributed by atoms with Gasteiger partial charge in [-0.1, -0.05) is 12.1 Å². The molecule has 4 heteroatoms. The Kier molecular flexibility index (Phi) is 3.86. The number of aliphatic imine (C=N–C) groups is 1. The van der Waals surface area contributed by atoms with Crippen molar-refractivity contribution < 1.29 is 0 Å². The minimum atomic E-state index is 0.343. The lowest BCUT2D eigenvalue weighted by molar-refractivity contribution is 0.315.